The Morgan fingerprint density at radius 1 is 1.30 bits per heavy atom. The van der Waals surface area contributed by atoms with Crippen molar-refractivity contribution in [1.82, 2.24) is 15.1 Å². The highest BCUT2D eigenvalue weighted by molar-refractivity contribution is 5.78. The largest absolute Gasteiger partial charge is 0.484 e. The summed E-state index contributed by atoms with van der Waals surface area (Å²) in [6, 6.07) is 8.95. The Morgan fingerprint density at radius 2 is 2.07 bits per heavy atom. The molecule has 0 radical (unpaired) electrons. The number of aliphatic hydroxyl groups is 1. The SMILES string of the molecule is CC(C)c1ccnnc1OC1CCN(C(=O)COc2ccc(CO)cc2)C1. The van der Waals surface area contributed by atoms with Crippen molar-refractivity contribution in [2.45, 2.75) is 38.9 Å². The van der Waals surface area contributed by atoms with Crippen LogP contribution in [0, 0.1) is 0 Å². The van der Waals surface area contributed by atoms with Crippen molar-refractivity contribution in [3.8, 4) is 11.6 Å². The fourth-order valence-corrected chi connectivity index (χ4v) is 3.00. The molecular weight excluding hydrogens is 346 g/mol. The molecule has 2 aromatic rings. The van der Waals surface area contributed by atoms with Crippen LogP contribution in [0.5, 0.6) is 11.6 Å². The van der Waals surface area contributed by atoms with Crippen LogP contribution in [0.4, 0.5) is 0 Å². The van der Waals surface area contributed by atoms with E-state index in [2.05, 4.69) is 24.0 Å². The second-order valence-electron chi connectivity index (χ2n) is 6.91. The molecule has 7 nitrogen and oxygen atoms in total. The topological polar surface area (TPSA) is 84.8 Å². The van der Waals surface area contributed by atoms with Gasteiger partial charge < -0.3 is 19.5 Å². The second kappa shape index (κ2) is 8.81. The molecule has 1 N–H and O–H groups in total. The summed E-state index contributed by atoms with van der Waals surface area (Å²) in [6.45, 7) is 5.27. The van der Waals surface area contributed by atoms with Crippen LogP contribution in [-0.4, -0.2) is 51.9 Å². The van der Waals surface area contributed by atoms with Crippen molar-refractivity contribution in [2.24, 2.45) is 0 Å². The highest BCUT2D eigenvalue weighted by Gasteiger charge is 2.29. The number of amides is 1. The molecular formula is C20H25N3O4. The highest BCUT2D eigenvalue weighted by atomic mass is 16.5. The summed E-state index contributed by atoms with van der Waals surface area (Å²) in [5.74, 6) is 1.37. The number of aromatic nitrogens is 2. The van der Waals surface area contributed by atoms with Gasteiger partial charge in [0.25, 0.3) is 5.91 Å². The molecule has 1 aromatic heterocycles. The van der Waals surface area contributed by atoms with Gasteiger partial charge in [-0.15, -0.1) is 5.10 Å². The van der Waals surface area contributed by atoms with E-state index in [1.54, 1.807) is 35.4 Å². The van der Waals surface area contributed by atoms with Gasteiger partial charge in [0.1, 0.15) is 11.9 Å². The minimum absolute atomic E-state index is 0.0152. The zero-order valence-corrected chi connectivity index (χ0v) is 15.7. The fourth-order valence-electron chi connectivity index (χ4n) is 3.00. The number of benzene rings is 1. The molecule has 1 amide bonds. The summed E-state index contributed by atoms with van der Waals surface area (Å²) in [4.78, 5) is 14.1. The standard InChI is InChI=1S/C20H25N3O4/c1-14(2)18-7-9-21-22-20(18)27-17-8-10-23(11-17)19(25)13-26-16-5-3-15(12-24)4-6-16/h3-7,9,14,17,24H,8,10-13H2,1-2H3. The lowest BCUT2D eigenvalue weighted by Gasteiger charge is -2.18. The number of ether oxygens (including phenoxy) is 2. The first-order valence-electron chi connectivity index (χ1n) is 9.15. The third kappa shape index (κ3) is 4.95. The predicted octanol–water partition coefficient (Wildman–Crippen LogP) is 2.15. The minimum Gasteiger partial charge on any atom is -0.484 e. The van der Waals surface area contributed by atoms with Gasteiger partial charge in [-0.05, 0) is 29.7 Å². The van der Waals surface area contributed by atoms with Crippen LogP contribution in [-0.2, 0) is 11.4 Å². The van der Waals surface area contributed by atoms with Gasteiger partial charge >= 0.3 is 0 Å². The zero-order chi connectivity index (χ0) is 19.2. The lowest BCUT2D eigenvalue weighted by Crippen LogP contribution is -2.34. The van der Waals surface area contributed by atoms with Crippen molar-refractivity contribution in [1.29, 1.82) is 0 Å². The minimum atomic E-state index is -0.0908. The van der Waals surface area contributed by atoms with E-state index in [-0.39, 0.29) is 25.2 Å². The number of carbonyl (C=O) groups is 1. The number of hydrogen-bond acceptors (Lipinski definition) is 6. The van der Waals surface area contributed by atoms with Gasteiger partial charge in [0.05, 0.1) is 19.3 Å². The van der Waals surface area contributed by atoms with E-state index >= 15 is 0 Å². The summed E-state index contributed by atoms with van der Waals surface area (Å²) < 4.78 is 11.6. The molecule has 1 fully saturated rings. The molecule has 1 atom stereocenters. The smallest absolute Gasteiger partial charge is 0.260 e. The van der Waals surface area contributed by atoms with Crippen molar-refractivity contribution < 1.29 is 19.4 Å². The van der Waals surface area contributed by atoms with Gasteiger partial charge in [0, 0.05) is 18.5 Å². The Kier molecular flexibility index (Phi) is 6.24. The van der Waals surface area contributed by atoms with Crippen molar-refractivity contribution in [3.63, 3.8) is 0 Å². The van der Waals surface area contributed by atoms with Crippen LogP contribution >= 0.6 is 0 Å². The van der Waals surface area contributed by atoms with E-state index < -0.39 is 0 Å². The number of carbonyl (C=O) groups excluding carboxylic acids is 1. The second-order valence-corrected chi connectivity index (χ2v) is 6.91. The van der Waals surface area contributed by atoms with Gasteiger partial charge in [0.2, 0.25) is 5.88 Å². The van der Waals surface area contributed by atoms with E-state index in [9.17, 15) is 4.79 Å². The van der Waals surface area contributed by atoms with E-state index in [0.29, 0.717) is 30.6 Å². The maximum atomic E-state index is 12.4. The molecule has 0 bridgehead atoms. The lowest BCUT2D eigenvalue weighted by atomic mass is 10.1. The molecule has 0 saturated carbocycles. The summed E-state index contributed by atoms with van der Waals surface area (Å²) in [7, 11) is 0. The molecule has 27 heavy (non-hydrogen) atoms. The fraction of sp³-hybridized carbons (Fsp3) is 0.450. The van der Waals surface area contributed by atoms with Gasteiger partial charge in [0.15, 0.2) is 6.61 Å². The Balaban J connectivity index is 1.50. The number of aliphatic hydroxyl groups excluding tert-OH is 1. The lowest BCUT2D eigenvalue weighted by molar-refractivity contribution is -0.132. The molecule has 1 aromatic carbocycles. The molecule has 1 unspecified atom stereocenters. The Bertz CT molecular complexity index is 764. The van der Waals surface area contributed by atoms with Crippen molar-refractivity contribution >= 4 is 5.91 Å². The van der Waals surface area contributed by atoms with Crippen LogP contribution in [0.15, 0.2) is 36.5 Å². The Hall–Kier alpha value is -2.67. The van der Waals surface area contributed by atoms with Crippen LogP contribution in [0.3, 0.4) is 0 Å². The average molecular weight is 371 g/mol. The van der Waals surface area contributed by atoms with E-state index in [1.807, 2.05) is 6.07 Å². The van der Waals surface area contributed by atoms with E-state index in [1.165, 1.54) is 0 Å². The Morgan fingerprint density at radius 3 is 2.78 bits per heavy atom. The normalized spacial score (nSPS) is 16.6. The predicted molar refractivity (Wildman–Crippen MR) is 99.6 cm³/mol. The summed E-state index contributed by atoms with van der Waals surface area (Å²) >= 11 is 0. The first-order valence-corrected chi connectivity index (χ1v) is 9.15. The average Bonchev–Trinajstić information content (AvgIpc) is 3.15. The van der Waals surface area contributed by atoms with E-state index in [4.69, 9.17) is 14.6 Å². The Labute approximate surface area is 158 Å². The van der Waals surface area contributed by atoms with Gasteiger partial charge in [-0.1, -0.05) is 26.0 Å². The van der Waals surface area contributed by atoms with Crippen molar-refractivity contribution in [3.05, 3.63) is 47.7 Å². The van der Waals surface area contributed by atoms with Crippen LogP contribution in [0.1, 0.15) is 37.3 Å². The third-order valence-electron chi connectivity index (χ3n) is 4.58. The molecule has 7 heteroatoms. The molecule has 2 heterocycles. The van der Waals surface area contributed by atoms with Crippen LogP contribution < -0.4 is 9.47 Å². The molecule has 3 rings (SSSR count). The van der Waals surface area contributed by atoms with Crippen molar-refractivity contribution in [2.75, 3.05) is 19.7 Å². The molecule has 0 spiro atoms. The van der Waals surface area contributed by atoms with Crippen LogP contribution in [0.25, 0.3) is 0 Å². The maximum Gasteiger partial charge on any atom is 0.260 e. The highest BCUT2D eigenvalue weighted by Crippen LogP contribution is 2.25. The molecule has 1 aliphatic rings. The van der Waals surface area contributed by atoms with Gasteiger partial charge in [-0.25, -0.2) is 0 Å². The zero-order valence-electron chi connectivity index (χ0n) is 15.7. The number of hydrogen-bond donors (Lipinski definition) is 1. The number of rotatable bonds is 7. The summed E-state index contributed by atoms with van der Waals surface area (Å²) in [5.41, 5.74) is 1.82. The first-order chi connectivity index (χ1) is 13.1. The van der Waals surface area contributed by atoms with Gasteiger partial charge in [-0.2, -0.15) is 5.10 Å². The van der Waals surface area contributed by atoms with Crippen LogP contribution in [0.2, 0.25) is 0 Å². The summed E-state index contributed by atoms with van der Waals surface area (Å²) in [6.07, 6.45) is 2.33. The number of likely N-dealkylation sites (tertiary alicyclic amines) is 1. The maximum absolute atomic E-state index is 12.4. The molecule has 1 saturated heterocycles. The molecule has 0 aliphatic carbocycles. The number of nitrogens with zero attached hydrogens (tertiary/aromatic N) is 3. The van der Waals surface area contributed by atoms with E-state index in [0.717, 1.165) is 17.5 Å². The third-order valence-corrected chi connectivity index (χ3v) is 4.58. The van der Waals surface area contributed by atoms with Gasteiger partial charge in [-0.3, -0.25) is 4.79 Å². The molecule has 1 aliphatic heterocycles. The first kappa shape index (κ1) is 19.1. The molecule has 144 valence electrons. The quantitative estimate of drug-likeness (QED) is 0.803. The summed E-state index contributed by atoms with van der Waals surface area (Å²) in [5, 5.41) is 17.1. The monoisotopic (exact) mass is 371 g/mol.